The van der Waals surface area contributed by atoms with Gasteiger partial charge in [0.1, 0.15) is 5.75 Å². The monoisotopic (exact) mass is 233 g/mol. The smallest absolute Gasteiger partial charge is 0.269 e. The standard InChI is InChI=1S/C12H15N3O2/c1-3-7(2)15-10-6-8(16)4-5-9(10)11(14-15)12(13)17/h4-7,16H,3H2,1-2H3,(H2,13,17). The molecule has 1 aromatic carbocycles. The summed E-state index contributed by atoms with van der Waals surface area (Å²) in [5.74, 6) is -0.402. The van der Waals surface area contributed by atoms with Crippen molar-refractivity contribution < 1.29 is 9.90 Å². The number of amides is 1. The molecule has 0 spiro atoms. The SMILES string of the molecule is CCC(C)n1nc(C(N)=O)c2ccc(O)cc21. The Kier molecular flexibility index (Phi) is 2.75. The number of fused-ring (bicyclic) bond motifs is 1. The molecule has 0 saturated carbocycles. The van der Waals surface area contributed by atoms with Crippen LogP contribution in [0, 0.1) is 0 Å². The second-order valence-corrected chi connectivity index (χ2v) is 4.12. The molecule has 1 atom stereocenters. The lowest BCUT2D eigenvalue weighted by Gasteiger charge is -2.10. The van der Waals surface area contributed by atoms with Gasteiger partial charge in [-0.15, -0.1) is 0 Å². The zero-order chi connectivity index (χ0) is 12.6. The van der Waals surface area contributed by atoms with Crippen LogP contribution in [0.2, 0.25) is 0 Å². The van der Waals surface area contributed by atoms with Crippen LogP contribution in [0.15, 0.2) is 18.2 Å². The molecule has 0 saturated heterocycles. The Balaban J connectivity index is 2.75. The number of primary amides is 1. The highest BCUT2D eigenvalue weighted by Gasteiger charge is 2.17. The maximum absolute atomic E-state index is 11.3. The minimum absolute atomic E-state index is 0.146. The lowest BCUT2D eigenvalue weighted by molar-refractivity contribution is 0.0996. The number of nitrogens with two attached hydrogens (primary N) is 1. The fourth-order valence-corrected chi connectivity index (χ4v) is 1.82. The normalized spacial score (nSPS) is 12.8. The van der Waals surface area contributed by atoms with E-state index in [4.69, 9.17) is 5.73 Å². The third-order valence-corrected chi connectivity index (χ3v) is 2.93. The van der Waals surface area contributed by atoms with Gasteiger partial charge in [-0.05, 0) is 25.5 Å². The maximum Gasteiger partial charge on any atom is 0.269 e. The Bertz CT molecular complexity index is 574. The third kappa shape index (κ3) is 1.84. The quantitative estimate of drug-likeness (QED) is 0.848. The van der Waals surface area contributed by atoms with Gasteiger partial charge in [0.2, 0.25) is 0 Å². The Morgan fingerprint density at radius 3 is 2.88 bits per heavy atom. The van der Waals surface area contributed by atoms with Crippen LogP contribution in [0.25, 0.3) is 10.9 Å². The molecule has 0 aliphatic rings. The predicted molar refractivity (Wildman–Crippen MR) is 64.9 cm³/mol. The zero-order valence-electron chi connectivity index (χ0n) is 9.84. The van der Waals surface area contributed by atoms with Crippen molar-refractivity contribution in [3.05, 3.63) is 23.9 Å². The molecule has 1 aromatic heterocycles. The largest absolute Gasteiger partial charge is 0.508 e. The molecule has 0 fully saturated rings. The molecule has 17 heavy (non-hydrogen) atoms. The van der Waals surface area contributed by atoms with E-state index in [-0.39, 0.29) is 17.5 Å². The number of phenolic OH excluding ortho intramolecular Hbond substituents is 1. The van der Waals surface area contributed by atoms with Crippen LogP contribution in [-0.4, -0.2) is 20.8 Å². The van der Waals surface area contributed by atoms with E-state index in [1.807, 2.05) is 13.8 Å². The van der Waals surface area contributed by atoms with E-state index in [0.29, 0.717) is 5.39 Å². The summed E-state index contributed by atoms with van der Waals surface area (Å²) in [4.78, 5) is 11.3. The Hall–Kier alpha value is -2.04. The van der Waals surface area contributed by atoms with Crippen LogP contribution in [0.1, 0.15) is 36.8 Å². The van der Waals surface area contributed by atoms with Gasteiger partial charge in [0, 0.05) is 17.5 Å². The summed E-state index contributed by atoms with van der Waals surface area (Å²) in [5, 5.41) is 14.4. The van der Waals surface area contributed by atoms with Gasteiger partial charge in [0.25, 0.3) is 5.91 Å². The van der Waals surface area contributed by atoms with E-state index in [1.54, 1.807) is 16.8 Å². The topological polar surface area (TPSA) is 81.1 Å². The first-order valence-corrected chi connectivity index (χ1v) is 5.55. The molecule has 2 rings (SSSR count). The van der Waals surface area contributed by atoms with Crippen molar-refractivity contribution in [3.63, 3.8) is 0 Å². The van der Waals surface area contributed by atoms with E-state index in [0.717, 1.165) is 11.9 Å². The van der Waals surface area contributed by atoms with Gasteiger partial charge in [-0.3, -0.25) is 9.48 Å². The van der Waals surface area contributed by atoms with Crippen molar-refractivity contribution in [1.82, 2.24) is 9.78 Å². The molecule has 0 aliphatic heterocycles. The molecule has 0 bridgehead atoms. The van der Waals surface area contributed by atoms with Crippen LogP contribution in [0.5, 0.6) is 5.75 Å². The van der Waals surface area contributed by atoms with Crippen molar-refractivity contribution >= 4 is 16.8 Å². The van der Waals surface area contributed by atoms with E-state index in [9.17, 15) is 9.90 Å². The van der Waals surface area contributed by atoms with Gasteiger partial charge >= 0.3 is 0 Å². The second kappa shape index (κ2) is 4.08. The summed E-state index contributed by atoms with van der Waals surface area (Å²) in [6.45, 7) is 4.03. The third-order valence-electron chi connectivity index (χ3n) is 2.93. The number of benzene rings is 1. The number of nitrogens with zero attached hydrogens (tertiary/aromatic N) is 2. The summed E-state index contributed by atoms with van der Waals surface area (Å²) >= 11 is 0. The molecule has 5 heteroatoms. The number of rotatable bonds is 3. The van der Waals surface area contributed by atoms with Crippen LogP contribution in [-0.2, 0) is 0 Å². The van der Waals surface area contributed by atoms with Gasteiger partial charge in [0.05, 0.1) is 5.52 Å². The van der Waals surface area contributed by atoms with Gasteiger partial charge in [-0.1, -0.05) is 6.92 Å². The first-order valence-electron chi connectivity index (χ1n) is 5.55. The lowest BCUT2D eigenvalue weighted by atomic mass is 10.2. The van der Waals surface area contributed by atoms with Crippen molar-refractivity contribution in [3.8, 4) is 5.75 Å². The second-order valence-electron chi connectivity index (χ2n) is 4.12. The summed E-state index contributed by atoms with van der Waals surface area (Å²) in [7, 11) is 0. The number of aromatic nitrogens is 2. The van der Waals surface area contributed by atoms with E-state index < -0.39 is 5.91 Å². The van der Waals surface area contributed by atoms with Crippen molar-refractivity contribution in [2.24, 2.45) is 5.73 Å². The fraction of sp³-hybridized carbons (Fsp3) is 0.333. The predicted octanol–water partition coefficient (Wildman–Crippen LogP) is 1.81. The van der Waals surface area contributed by atoms with Crippen LogP contribution in [0.4, 0.5) is 0 Å². The molecule has 3 N–H and O–H groups in total. The highest BCUT2D eigenvalue weighted by atomic mass is 16.3. The highest BCUT2D eigenvalue weighted by molar-refractivity contribution is 6.04. The molecule has 2 aromatic rings. The highest BCUT2D eigenvalue weighted by Crippen LogP contribution is 2.26. The molecule has 1 amide bonds. The molecule has 0 aliphatic carbocycles. The number of carbonyl (C=O) groups is 1. The number of hydrogen-bond acceptors (Lipinski definition) is 3. The summed E-state index contributed by atoms with van der Waals surface area (Å²) < 4.78 is 1.73. The Labute approximate surface area is 98.8 Å². The molecule has 1 unspecified atom stereocenters. The number of hydrogen-bond donors (Lipinski definition) is 2. The van der Waals surface area contributed by atoms with Gasteiger partial charge in [0.15, 0.2) is 5.69 Å². The molecule has 90 valence electrons. The average Bonchev–Trinajstić information content (AvgIpc) is 2.66. The van der Waals surface area contributed by atoms with Crippen LogP contribution >= 0.6 is 0 Å². The maximum atomic E-state index is 11.3. The van der Waals surface area contributed by atoms with Gasteiger partial charge in [-0.2, -0.15) is 5.10 Å². The Morgan fingerprint density at radius 2 is 2.29 bits per heavy atom. The zero-order valence-corrected chi connectivity index (χ0v) is 9.84. The number of aromatic hydroxyl groups is 1. The summed E-state index contributed by atoms with van der Waals surface area (Å²) in [6, 6.07) is 4.93. The van der Waals surface area contributed by atoms with Crippen LogP contribution < -0.4 is 5.73 Å². The molecule has 5 nitrogen and oxygen atoms in total. The van der Waals surface area contributed by atoms with E-state index in [1.165, 1.54) is 6.07 Å². The molecule has 0 radical (unpaired) electrons. The van der Waals surface area contributed by atoms with Crippen molar-refractivity contribution in [2.45, 2.75) is 26.3 Å². The first-order chi connectivity index (χ1) is 8.04. The molecule has 1 heterocycles. The number of carbonyl (C=O) groups excluding carboxylic acids is 1. The van der Waals surface area contributed by atoms with Gasteiger partial charge in [-0.25, -0.2) is 0 Å². The fourth-order valence-electron chi connectivity index (χ4n) is 1.82. The first kappa shape index (κ1) is 11.4. The lowest BCUT2D eigenvalue weighted by Crippen LogP contribution is -2.13. The van der Waals surface area contributed by atoms with E-state index in [2.05, 4.69) is 5.10 Å². The minimum atomic E-state index is -0.553. The Morgan fingerprint density at radius 1 is 1.59 bits per heavy atom. The number of phenols is 1. The summed E-state index contributed by atoms with van der Waals surface area (Å²) in [5.41, 5.74) is 6.28. The van der Waals surface area contributed by atoms with E-state index >= 15 is 0 Å². The molecular formula is C12H15N3O2. The molecular weight excluding hydrogens is 218 g/mol. The van der Waals surface area contributed by atoms with Crippen LogP contribution in [0.3, 0.4) is 0 Å². The van der Waals surface area contributed by atoms with Gasteiger partial charge < -0.3 is 10.8 Å². The average molecular weight is 233 g/mol. The van der Waals surface area contributed by atoms with Crippen molar-refractivity contribution in [1.29, 1.82) is 0 Å². The summed E-state index contributed by atoms with van der Waals surface area (Å²) in [6.07, 6.45) is 0.880. The minimum Gasteiger partial charge on any atom is -0.508 e. The van der Waals surface area contributed by atoms with Crippen molar-refractivity contribution in [2.75, 3.05) is 0 Å².